The topological polar surface area (TPSA) is 77.3 Å². The predicted molar refractivity (Wildman–Crippen MR) is 97.8 cm³/mol. The highest BCUT2D eigenvalue weighted by Crippen LogP contribution is 2.28. The Morgan fingerprint density at radius 2 is 1.96 bits per heavy atom. The third kappa shape index (κ3) is 3.47. The second-order valence-electron chi connectivity index (χ2n) is 5.97. The third-order valence-electron chi connectivity index (χ3n) is 4.16. The fraction of sp³-hybridized carbons (Fsp3) is 0.211. The van der Waals surface area contributed by atoms with Crippen molar-refractivity contribution in [3.8, 4) is 22.8 Å². The molecule has 1 amide bonds. The van der Waals surface area contributed by atoms with E-state index >= 15 is 0 Å². The maximum Gasteiger partial charge on any atom is 0.258 e. The van der Waals surface area contributed by atoms with Crippen LogP contribution in [0, 0.1) is 0 Å². The fourth-order valence-corrected chi connectivity index (χ4v) is 3.02. The van der Waals surface area contributed by atoms with Gasteiger partial charge in [-0.2, -0.15) is 4.98 Å². The molecule has 0 aliphatic carbocycles. The molecule has 0 saturated carbocycles. The van der Waals surface area contributed by atoms with Gasteiger partial charge in [0.15, 0.2) is 0 Å². The number of carbonyl (C=O) groups is 1. The van der Waals surface area contributed by atoms with Crippen LogP contribution in [0.4, 0.5) is 5.69 Å². The van der Waals surface area contributed by atoms with Crippen LogP contribution in [-0.4, -0.2) is 28.8 Å². The molecule has 1 aliphatic heterocycles. The Labute approximate surface area is 155 Å². The third-order valence-corrected chi connectivity index (χ3v) is 4.49. The van der Waals surface area contributed by atoms with Crippen LogP contribution in [-0.2, 0) is 9.53 Å². The smallest absolute Gasteiger partial charge is 0.258 e. The van der Waals surface area contributed by atoms with Crippen molar-refractivity contribution in [2.45, 2.75) is 18.9 Å². The van der Waals surface area contributed by atoms with Crippen LogP contribution in [0.5, 0.6) is 0 Å². The molecule has 7 heteroatoms. The molecule has 2 heterocycles. The Morgan fingerprint density at radius 1 is 1.15 bits per heavy atom. The van der Waals surface area contributed by atoms with E-state index in [1.165, 1.54) is 0 Å². The molecule has 4 rings (SSSR count). The monoisotopic (exact) mass is 369 g/mol. The van der Waals surface area contributed by atoms with Gasteiger partial charge in [-0.25, -0.2) is 0 Å². The number of ether oxygens (including phenoxy) is 1. The van der Waals surface area contributed by atoms with Crippen LogP contribution in [0.25, 0.3) is 22.8 Å². The summed E-state index contributed by atoms with van der Waals surface area (Å²) >= 11 is 6.16. The van der Waals surface area contributed by atoms with Gasteiger partial charge in [0.05, 0.1) is 5.02 Å². The highest BCUT2D eigenvalue weighted by Gasteiger charge is 2.23. The van der Waals surface area contributed by atoms with Gasteiger partial charge in [0.2, 0.25) is 5.82 Å². The van der Waals surface area contributed by atoms with Crippen molar-refractivity contribution in [2.75, 3.05) is 11.9 Å². The number of hydrogen-bond acceptors (Lipinski definition) is 5. The van der Waals surface area contributed by atoms with E-state index in [1.807, 2.05) is 30.3 Å². The molecule has 1 aromatic heterocycles. The second kappa shape index (κ2) is 7.27. The lowest BCUT2D eigenvalue weighted by molar-refractivity contribution is -0.124. The number of benzene rings is 2. The zero-order chi connectivity index (χ0) is 17.9. The Hall–Kier alpha value is -2.70. The van der Waals surface area contributed by atoms with Crippen molar-refractivity contribution in [3.63, 3.8) is 0 Å². The molecule has 1 fully saturated rings. The largest absolute Gasteiger partial charge is 0.368 e. The van der Waals surface area contributed by atoms with E-state index < -0.39 is 0 Å². The van der Waals surface area contributed by atoms with Crippen LogP contribution < -0.4 is 5.32 Å². The Kier molecular flexibility index (Phi) is 4.69. The van der Waals surface area contributed by atoms with E-state index in [2.05, 4.69) is 15.5 Å². The maximum absolute atomic E-state index is 12.1. The highest BCUT2D eigenvalue weighted by molar-refractivity contribution is 6.33. The molecule has 0 bridgehead atoms. The van der Waals surface area contributed by atoms with Gasteiger partial charge in [-0.1, -0.05) is 28.9 Å². The molecular weight excluding hydrogens is 354 g/mol. The molecule has 1 unspecified atom stereocenters. The quantitative estimate of drug-likeness (QED) is 0.746. The van der Waals surface area contributed by atoms with Crippen LogP contribution in [0.1, 0.15) is 12.8 Å². The Balaban J connectivity index is 1.49. The molecule has 26 heavy (non-hydrogen) atoms. The summed E-state index contributed by atoms with van der Waals surface area (Å²) in [6, 6.07) is 14.5. The molecular formula is C19H16ClN3O3. The number of aromatic nitrogens is 2. The average molecular weight is 370 g/mol. The minimum absolute atomic E-state index is 0.117. The average Bonchev–Trinajstić information content (AvgIpc) is 3.35. The summed E-state index contributed by atoms with van der Waals surface area (Å²) in [6.45, 7) is 0.641. The first-order valence-electron chi connectivity index (χ1n) is 8.32. The van der Waals surface area contributed by atoms with Crippen molar-refractivity contribution in [1.82, 2.24) is 10.1 Å². The number of nitrogens with zero attached hydrogens (tertiary/aromatic N) is 2. The summed E-state index contributed by atoms with van der Waals surface area (Å²) in [5, 5.41) is 7.41. The van der Waals surface area contributed by atoms with Crippen LogP contribution in [0.2, 0.25) is 5.02 Å². The molecule has 1 aliphatic rings. The molecule has 2 aromatic carbocycles. The van der Waals surface area contributed by atoms with Crippen molar-refractivity contribution in [3.05, 3.63) is 53.6 Å². The maximum atomic E-state index is 12.1. The standard InChI is InChI=1S/C19H16ClN3O3/c20-15-5-2-1-4-14(15)17-22-19(26-23-17)12-7-9-13(10-8-12)21-18(24)16-6-3-11-25-16/h1-2,4-5,7-10,16H,3,6,11H2,(H,21,24). The summed E-state index contributed by atoms with van der Waals surface area (Å²) in [6.07, 6.45) is 1.32. The minimum Gasteiger partial charge on any atom is -0.368 e. The summed E-state index contributed by atoms with van der Waals surface area (Å²) in [5.74, 6) is 0.701. The summed E-state index contributed by atoms with van der Waals surface area (Å²) < 4.78 is 10.7. The zero-order valence-corrected chi connectivity index (χ0v) is 14.6. The first-order valence-corrected chi connectivity index (χ1v) is 8.70. The number of hydrogen-bond donors (Lipinski definition) is 1. The number of carbonyl (C=O) groups excluding carboxylic acids is 1. The first kappa shape index (κ1) is 16.8. The van der Waals surface area contributed by atoms with Crippen LogP contribution >= 0.6 is 11.6 Å². The lowest BCUT2D eigenvalue weighted by Gasteiger charge is -2.10. The van der Waals surface area contributed by atoms with E-state index in [0.29, 0.717) is 34.6 Å². The van der Waals surface area contributed by atoms with E-state index in [4.69, 9.17) is 20.9 Å². The molecule has 1 N–H and O–H groups in total. The molecule has 1 atom stereocenters. The zero-order valence-electron chi connectivity index (χ0n) is 13.8. The van der Waals surface area contributed by atoms with Gasteiger partial charge in [0.1, 0.15) is 6.10 Å². The van der Waals surface area contributed by atoms with Gasteiger partial charge < -0.3 is 14.6 Å². The van der Waals surface area contributed by atoms with Gasteiger partial charge in [-0.15, -0.1) is 0 Å². The Bertz CT molecular complexity index is 918. The predicted octanol–water partition coefficient (Wildman–Crippen LogP) is 4.17. The molecule has 3 aromatic rings. The van der Waals surface area contributed by atoms with E-state index in [0.717, 1.165) is 18.4 Å². The SMILES string of the molecule is O=C(Nc1ccc(-c2nc(-c3ccccc3Cl)no2)cc1)C1CCCO1. The molecule has 0 spiro atoms. The number of rotatable bonds is 4. The highest BCUT2D eigenvalue weighted by atomic mass is 35.5. The lowest BCUT2D eigenvalue weighted by atomic mass is 10.2. The summed E-state index contributed by atoms with van der Waals surface area (Å²) in [4.78, 5) is 16.5. The van der Waals surface area contributed by atoms with Gasteiger partial charge >= 0.3 is 0 Å². The molecule has 1 saturated heterocycles. The van der Waals surface area contributed by atoms with E-state index in [1.54, 1.807) is 18.2 Å². The number of halogens is 1. The summed E-state index contributed by atoms with van der Waals surface area (Å²) in [5.41, 5.74) is 2.16. The first-order chi connectivity index (χ1) is 12.7. The normalized spacial score (nSPS) is 16.6. The molecule has 0 radical (unpaired) electrons. The van der Waals surface area contributed by atoms with Gasteiger partial charge in [0, 0.05) is 23.4 Å². The lowest BCUT2D eigenvalue weighted by Crippen LogP contribution is -2.26. The van der Waals surface area contributed by atoms with Crippen molar-refractivity contribution in [2.24, 2.45) is 0 Å². The number of anilines is 1. The summed E-state index contributed by atoms with van der Waals surface area (Å²) in [7, 11) is 0. The molecule has 6 nitrogen and oxygen atoms in total. The number of amides is 1. The van der Waals surface area contributed by atoms with Gasteiger partial charge in [0.25, 0.3) is 11.8 Å². The fourth-order valence-electron chi connectivity index (χ4n) is 2.80. The van der Waals surface area contributed by atoms with Crippen LogP contribution in [0.15, 0.2) is 53.1 Å². The Morgan fingerprint density at radius 3 is 2.69 bits per heavy atom. The second-order valence-corrected chi connectivity index (χ2v) is 6.38. The van der Waals surface area contributed by atoms with Crippen molar-refractivity contribution >= 4 is 23.2 Å². The minimum atomic E-state index is -0.358. The molecule has 132 valence electrons. The van der Waals surface area contributed by atoms with Crippen molar-refractivity contribution in [1.29, 1.82) is 0 Å². The van der Waals surface area contributed by atoms with Gasteiger partial charge in [-0.05, 0) is 49.2 Å². The van der Waals surface area contributed by atoms with E-state index in [9.17, 15) is 4.79 Å². The van der Waals surface area contributed by atoms with E-state index in [-0.39, 0.29) is 12.0 Å². The van der Waals surface area contributed by atoms with Crippen LogP contribution in [0.3, 0.4) is 0 Å². The van der Waals surface area contributed by atoms with Crippen molar-refractivity contribution < 1.29 is 14.1 Å². The number of nitrogens with one attached hydrogen (secondary N) is 1. The van der Waals surface area contributed by atoms with Gasteiger partial charge in [-0.3, -0.25) is 4.79 Å².